The van der Waals surface area contributed by atoms with Gasteiger partial charge in [-0.2, -0.15) is 0 Å². The van der Waals surface area contributed by atoms with Gasteiger partial charge in [-0.05, 0) is 56.5 Å². The van der Waals surface area contributed by atoms with Crippen LogP contribution in [-0.4, -0.2) is 35.4 Å². The number of hydrogen-bond donors (Lipinski definition) is 1. The molecule has 2 aromatic carbocycles. The number of aryl methyl sites for hydroxylation is 2. The van der Waals surface area contributed by atoms with Crippen LogP contribution in [0.25, 0.3) is 0 Å². The molecule has 0 bridgehead atoms. The van der Waals surface area contributed by atoms with Gasteiger partial charge < -0.3 is 9.84 Å². The fraction of sp³-hybridized carbons (Fsp3) is 0.455. The summed E-state index contributed by atoms with van der Waals surface area (Å²) in [5.41, 5.74) is 4.71. The molecular formula is C22H30FNO2. The molecule has 0 heterocycles. The number of aliphatic hydroxyl groups is 1. The Kier molecular flexibility index (Phi) is 7.76. The maximum atomic E-state index is 13.2. The quantitative estimate of drug-likeness (QED) is 0.727. The number of hydrogen-bond acceptors (Lipinski definition) is 3. The van der Waals surface area contributed by atoms with Crippen LogP contribution in [0.2, 0.25) is 0 Å². The van der Waals surface area contributed by atoms with Crippen LogP contribution < -0.4 is 0 Å². The predicted octanol–water partition coefficient (Wildman–Crippen LogP) is 4.23. The van der Waals surface area contributed by atoms with Gasteiger partial charge in [-0.15, -0.1) is 0 Å². The van der Waals surface area contributed by atoms with Crippen LogP contribution in [-0.2, 0) is 17.8 Å². The predicted molar refractivity (Wildman–Crippen MR) is 104 cm³/mol. The number of benzene rings is 2. The van der Waals surface area contributed by atoms with E-state index in [0.29, 0.717) is 19.7 Å². The van der Waals surface area contributed by atoms with E-state index in [1.807, 2.05) is 13.8 Å². The Hall–Kier alpha value is -1.75. The summed E-state index contributed by atoms with van der Waals surface area (Å²) in [4.78, 5) is 2.18. The lowest BCUT2D eigenvalue weighted by atomic mass is 10.0. The van der Waals surface area contributed by atoms with Crippen LogP contribution in [0.1, 0.15) is 36.1 Å². The Balaban J connectivity index is 2.11. The second-order valence-corrected chi connectivity index (χ2v) is 7.26. The highest BCUT2D eigenvalue weighted by atomic mass is 19.1. The summed E-state index contributed by atoms with van der Waals surface area (Å²) >= 11 is 0. The topological polar surface area (TPSA) is 32.7 Å². The molecule has 1 N–H and O–H groups in total. The Labute approximate surface area is 156 Å². The minimum absolute atomic E-state index is 0.0919. The molecule has 142 valence electrons. The van der Waals surface area contributed by atoms with Gasteiger partial charge in [0, 0.05) is 19.6 Å². The fourth-order valence-electron chi connectivity index (χ4n) is 2.90. The molecule has 26 heavy (non-hydrogen) atoms. The molecular weight excluding hydrogens is 329 g/mol. The highest BCUT2D eigenvalue weighted by molar-refractivity contribution is 5.30. The maximum absolute atomic E-state index is 13.2. The standard InChI is InChI=1S/C22H30FNO2/c1-16(2)26-15-22(25)14-24(12-19-7-9-21(23)10-8-19)13-20-11-17(3)5-6-18(20)4/h5-11,16,22,25H,12-15H2,1-4H3. The van der Waals surface area contributed by atoms with Crippen LogP contribution in [0.5, 0.6) is 0 Å². The Bertz CT molecular complexity index is 685. The van der Waals surface area contributed by atoms with Crippen molar-refractivity contribution in [3.63, 3.8) is 0 Å². The van der Waals surface area contributed by atoms with E-state index in [1.165, 1.54) is 28.8 Å². The van der Waals surface area contributed by atoms with Gasteiger partial charge in [-0.25, -0.2) is 4.39 Å². The highest BCUT2D eigenvalue weighted by Gasteiger charge is 2.15. The normalized spacial score (nSPS) is 12.8. The summed E-state index contributed by atoms with van der Waals surface area (Å²) < 4.78 is 18.7. The number of ether oxygens (including phenoxy) is 1. The van der Waals surface area contributed by atoms with Crippen molar-refractivity contribution in [1.82, 2.24) is 4.90 Å². The van der Waals surface area contributed by atoms with Crippen molar-refractivity contribution in [2.45, 2.75) is 53.0 Å². The van der Waals surface area contributed by atoms with Gasteiger partial charge in [-0.1, -0.05) is 35.9 Å². The van der Waals surface area contributed by atoms with Gasteiger partial charge in [0.05, 0.1) is 18.8 Å². The van der Waals surface area contributed by atoms with E-state index in [2.05, 4.69) is 36.9 Å². The molecule has 2 rings (SSSR count). The summed E-state index contributed by atoms with van der Waals surface area (Å²) in [7, 11) is 0. The van der Waals surface area contributed by atoms with E-state index < -0.39 is 6.10 Å². The molecule has 1 atom stereocenters. The van der Waals surface area contributed by atoms with Crippen LogP contribution in [0.15, 0.2) is 42.5 Å². The molecule has 0 aromatic heterocycles. The molecule has 3 nitrogen and oxygen atoms in total. The molecule has 0 radical (unpaired) electrons. The molecule has 2 aromatic rings. The Morgan fingerprint density at radius 2 is 1.73 bits per heavy atom. The molecule has 1 unspecified atom stereocenters. The van der Waals surface area contributed by atoms with E-state index >= 15 is 0 Å². The number of nitrogens with zero attached hydrogens (tertiary/aromatic N) is 1. The molecule has 0 amide bonds. The Morgan fingerprint density at radius 3 is 2.38 bits per heavy atom. The van der Waals surface area contributed by atoms with Gasteiger partial charge in [0.2, 0.25) is 0 Å². The zero-order valence-electron chi connectivity index (χ0n) is 16.2. The third-order valence-corrected chi connectivity index (χ3v) is 4.31. The third kappa shape index (κ3) is 6.87. The summed E-state index contributed by atoms with van der Waals surface area (Å²) in [6, 6.07) is 13.0. The maximum Gasteiger partial charge on any atom is 0.123 e. The summed E-state index contributed by atoms with van der Waals surface area (Å²) in [5, 5.41) is 10.4. The monoisotopic (exact) mass is 359 g/mol. The van der Waals surface area contributed by atoms with E-state index in [9.17, 15) is 9.50 Å². The van der Waals surface area contributed by atoms with Gasteiger partial charge in [0.1, 0.15) is 5.82 Å². The Morgan fingerprint density at radius 1 is 1.04 bits per heavy atom. The first-order chi connectivity index (χ1) is 12.3. The van der Waals surface area contributed by atoms with Crippen molar-refractivity contribution >= 4 is 0 Å². The van der Waals surface area contributed by atoms with Gasteiger partial charge in [0.15, 0.2) is 0 Å². The minimum Gasteiger partial charge on any atom is -0.389 e. The average molecular weight is 359 g/mol. The van der Waals surface area contributed by atoms with Crippen molar-refractivity contribution in [2.75, 3.05) is 13.2 Å². The third-order valence-electron chi connectivity index (χ3n) is 4.31. The fourth-order valence-corrected chi connectivity index (χ4v) is 2.90. The lowest BCUT2D eigenvalue weighted by Crippen LogP contribution is -2.35. The molecule has 4 heteroatoms. The van der Waals surface area contributed by atoms with Crippen molar-refractivity contribution in [3.8, 4) is 0 Å². The molecule has 0 aliphatic rings. The van der Waals surface area contributed by atoms with Crippen LogP contribution in [0.3, 0.4) is 0 Å². The highest BCUT2D eigenvalue weighted by Crippen LogP contribution is 2.16. The van der Waals surface area contributed by atoms with E-state index in [-0.39, 0.29) is 11.9 Å². The van der Waals surface area contributed by atoms with Gasteiger partial charge >= 0.3 is 0 Å². The molecule has 0 fully saturated rings. The van der Waals surface area contributed by atoms with E-state index in [0.717, 1.165) is 12.1 Å². The number of aliphatic hydroxyl groups excluding tert-OH is 1. The smallest absolute Gasteiger partial charge is 0.123 e. The molecule has 0 saturated carbocycles. The van der Waals surface area contributed by atoms with E-state index in [4.69, 9.17) is 4.74 Å². The van der Waals surface area contributed by atoms with Crippen LogP contribution >= 0.6 is 0 Å². The first-order valence-electron chi connectivity index (χ1n) is 9.16. The second-order valence-electron chi connectivity index (χ2n) is 7.26. The van der Waals surface area contributed by atoms with Crippen molar-refractivity contribution in [3.05, 3.63) is 70.5 Å². The number of rotatable bonds is 9. The average Bonchev–Trinajstić information content (AvgIpc) is 2.58. The summed E-state index contributed by atoms with van der Waals surface area (Å²) in [5.74, 6) is -0.236. The zero-order chi connectivity index (χ0) is 19.1. The lowest BCUT2D eigenvalue weighted by molar-refractivity contribution is -0.0106. The first kappa shape index (κ1) is 20.6. The number of halogens is 1. The zero-order valence-corrected chi connectivity index (χ0v) is 16.2. The lowest BCUT2D eigenvalue weighted by Gasteiger charge is -2.26. The van der Waals surface area contributed by atoms with Crippen molar-refractivity contribution < 1.29 is 14.2 Å². The molecule has 0 saturated heterocycles. The van der Waals surface area contributed by atoms with Gasteiger partial charge in [-0.3, -0.25) is 4.90 Å². The second kappa shape index (κ2) is 9.81. The van der Waals surface area contributed by atoms with Crippen LogP contribution in [0.4, 0.5) is 4.39 Å². The van der Waals surface area contributed by atoms with E-state index in [1.54, 1.807) is 12.1 Å². The molecule has 0 aliphatic heterocycles. The van der Waals surface area contributed by atoms with Crippen molar-refractivity contribution in [1.29, 1.82) is 0 Å². The van der Waals surface area contributed by atoms with Gasteiger partial charge in [0.25, 0.3) is 0 Å². The van der Waals surface area contributed by atoms with Crippen molar-refractivity contribution in [2.24, 2.45) is 0 Å². The minimum atomic E-state index is -0.567. The molecule has 0 spiro atoms. The SMILES string of the molecule is Cc1ccc(C)c(CN(Cc2ccc(F)cc2)CC(O)COC(C)C)c1. The summed E-state index contributed by atoms with van der Waals surface area (Å²) in [6.07, 6.45) is -0.475. The van der Waals surface area contributed by atoms with Crippen LogP contribution in [0, 0.1) is 19.7 Å². The summed E-state index contributed by atoms with van der Waals surface area (Å²) in [6.45, 7) is 10.3. The largest absolute Gasteiger partial charge is 0.389 e. The molecule has 0 aliphatic carbocycles. The first-order valence-corrected chi connectivity index (χ1v) is 9.16.